The topological polar surface area (TPSA) is 33.0 Å². The zero-order valence-corrected chi connectivity index (χ0v) is 10.0. The van der Waals surface area contributed by atoms with Crippen LogP contribution in [-0.2, 0) is 11.2 Å². The van der Waals surface area contributed by atoms with Crippen LogP contribution in [0.2, 0.25) is 0 Å². The number of nitriles is 1. The molecule has 0 saturated carbocycles. The van der Waals surface area contributed by atoms with Crippen LogP contribution < -0.4 is 0 Å². The molecule has 1 aromatic rings. The van der Waals surface area contributed by atoms with Gasteiger partial charge in [0, 0.05) is 13.2 Å². The summed E-state index contributed by atoms with van der Waals surface area (Å²) >= 11 is 0. The molecule has 0 N–H and O–H groups in total. The van der Waals surface area contributed by atoms with Gasteiger partial charge in [-0.15, -0.1) is 0 Å². The van der Waals surface area contributed by atoms with Crippen molar-refractivity contribution in [2.75, 3.05) is 13.2 Å². The molecular weight excluding hydrogens is 217 g/mol. The smallest absolute Gasteiger partial charge is 0.123 e. The van der Waals surface area contributed by atoms with E-state index in [9.17, 15) is 9.65 Å². The SMILES string of the molecule is Cc1cc(F)ccc1CC1(C#N)CCOCC1. The van der Waals surface area contributed by atoms with Gasteiger partial charge in [-0.25, -0.2) is 4.39 Å². The minimum Gasteiger partial charge on any atom is -0.381 e. The van der Waals surface area contributed by atoms with Gasteiger partial charge in [0.1, 0.15) is 5.82 Å². The number of hydrogen-bond acceptors (Lipinski definition) is 2. The first-order valence-electron chi connectivity index (χ1n) is 5.89. The number of ether oxygens (including phenoxy) is 1. The number of halogens is 1. The van der Waals surface area contributed by atoms with Crippen molar-refractivity contribution in [3.8, 4) is 6.07 Å². The Morgan fingerprint density at radius 3 is 2.71 bits per heavy atom. The molecular formula is C14H16FNO. The van der Waals surface area contributed by atoms with Gasteiger partial charge in [-0.05, 0) is 49.4 Å². The molecule has 1 aromatic carbocycles. The zero-order valence-electron chi connectivity index (χ0n) is 10.0. The zero-order chi connectivity index (χ0) is 12.3. The van der Waals surface area contributed by atoms with E-state index in [1.165, 1.54) is 12.1 Å². The molecule has 1 saturated heterocycles. The van der Waals surface area contributed by atoms with Gasteiger partial charge in [0.15, 0.2) is 0 Å². The van der Waals surface area contributed by atoms with Gasteiger partial charge in [0.05, 0.1) is 11.5 Å². The van der Waals surface area contributed by atoms with Crippen LogP contribution in [0.25, 0.3) is 0 Å². The second kappa shape index (κ2) is 4.85. The van der Waals surface area contributed by atoms with Crippen molar-refractivity contribution in [1.29, 1.82) is 5.26 Å². The Balaban J connectivity index is 2.21. The minimum absolute atomic E-state index is 0.218. The quantitative estimate of drug-likeness (QED) is 0.786. The van der Waals surface area contributed by atoms with E-state index in [1.807, 2.05) is 6.92 Å². The molecule has 0 aliphatic carbocycles. The third-order valence-corrected chi connectivity index (χ3v) is 3.52. The Morgan fingerprint density at radius 2 is 2.12 bits per heavy atom. The lowest BCUT2D eigenvalue weighted by atomic mass is 9.76. The molecule has 2 nitrogen and oxygen atoms in total. The fourth-order valence-corrected chi connectivity index (χ4v) is 2.31. The van der Waals surface area contributed by atoms with E-state index in [2.05, 4.69) is 6.07 Å². The maximum absolute atomic E-state index is 13.0. The molecule has 0 bridgehead atoms. The molecule has 3 heteroatoms. The molecule has 0 spiro atoms. The van der Waals surface area contributed by atoms with E-state index in [4.69, 9.17) is 4.74 Å². The van der Waals surface area contributed by atoms with Gasteiger partial charge >= 0.3 is 0 Å². The predicted octanol–water partition coefficient (Wildman–Crippen LogP) is 3.00. The summed E-state index contributed by atoms with van der Waals surface area (Å²) in [7, 11) is 0. The van der Waals surface area contributed by atoms with Gasteiger partial charge in [-0.3, -0.25) is 0 Å². The Labute approximate surface area is 101 Å². The lowest BCUT2D eigenvalue weighted by Gasteiger charge is -2.31. The molecule has 1 heterocycles. The summed E-state index contributed by atoms with van der Waals surface area (Å²) < 4.78 is 18.3. The van der Waals surface area contributed by atoms with Crippen LogP contribution in [0.4, 0.5) is 4.39 Å². The summed E-state index contributed by atoms with van der Waals surface area (Å²) in [4.78, 5) is 0. The molecule has 0 atom stereocenters. The third-order valence-electron chi connectivity index (χ3n) is 3.52. The van der Waals surface area contributed by atoms with Gasteiger partial charge < -0.3 is 4.74 Å². The molecule has 1 fully saturated rings. The van der Waals surface area contributed by atoms with Crippen molar-refractivity contribution < 1.29 is 9.13 Å². The lowest BCUT2D eigenvalue weighted by molar-refractivity contribution is 0.0406. The summed E-state index contributed by atoms with van der Waals surface area (Å²) in [5, 5.41) is 9.37. The molecule has 0 unspecified atom stereocenters. The van der Waals surface area contributed by atoms with E-state index in [1.54, 1.807) is 6.07 Å². The first-order chi connectivity index (χ1) is 8.15. The molecule has 0 amide bonds. The maximum atomic E-state index is 13.0. The average molecular weight is 233 g/mol. The molecule has 90 valence electrons. The fraction of sp³-hybridized carbons (Fsp3) is 0.500. The molecule has 17 heavy (non-hydrogen) atoms. The molecule has 1 aliphatic heterocycles. The largest absolute Gasteiger partial charge is 0.381 e. The second-order valence-electron chi connectivity index (χ2n) is 4.75. The van der Waals surface area contributed by atoms with E-state index >= 15 is 0 Å². The van der Waals surface area contributed by atoms with Crippen LogP contribution in [0.1, 0.15) is 24.0 Å². The average Bonchev–Trinajstić information content (AvgIpc) is 2.34. The number of aryl methyl sites for hydroxylation is 1. The van der Waals surface area contributed by atoms with Crippen molar-refractivity contribution in [3.63, 3.8) is 0 Å². The minimum atomic E-state index is -0.333. The number of nitrogens with zero attached hydrogens (tertiary/aromatic N) is 1. The van der Waals surface area contributed by atoms with Crippen LogP contribution >= 0.6 is 0 Å². The van der Waals surface area contributed by atoms with Gasteiger partial charge in [-0.1, -0.05) is 6.07 Å². The molecule has 2 rings (SSSR count). The first kappa shape index (κ1) is 12.1. The predicted molar refractivity (Wildman–Crippen MR) is 62.9 cm³/mol. The number of hydrogen-bond donors (Lipinski definition) is 0. The van der Waals surface area contributed by atoms with Crippen molar-refractivity contribution >= 4 is 0 Å². The Hall–Kier alpha value is -1.40. The third kappa shape index (κ3) is 2.65. The lowest BCUT2D eigenvalue weighted by Crippen LogP contribution is -2.30. The van der Waals surface area contributed by atoms with Gasteiger partial charge in [0.25, 0.3) is 0 Å². The van der Waals surface area contributed by atoms with Gasteiger partial charge in [-0.2, -0.15) is 5.26 Å². The number of rotatable bonds is 2. The fourth-order valence-electron chi connectivity index (χ4n) is 2.31. The summed E-state index contributed by atoms with van der Waals surface area (Å²) in [5.41, 5.74) is 1.65. The van der Waals surface area contributed by atoms with E-state index in [0.29, 0.717) is 19.6 Å². The Bertz CT molecular complexity index is 444. The highest BCUT2D eigenvalue weighted by Crippen LogP contribution is 2.34. The molecule has 0 aromatic heterocycles. The first-order valence-corrected chi connectivity index (χ1v) is 5.89. The Morgan fingerprint density at radius 1 is 1.41 bits per heavy atom. The second-order valence-corrected chi connectivity index (χ2v) is 4.75. The number of benzene rings is 1. The van der Waals surface area contributed by atoms with E-state index < -0.39 is 0 Å². The Kier molecular flexibility index (Phi) is 3.44. The van der Waals surface area contributed by atoms with E-state index in [0.717, 1.165) is 24.0 Å². The van der Waals surface area contributed by atoms with Crippen LogP contribution in [0, 0.1) is 29.5 Å². The van der Waals surface area contributed by atoms with Crippen molar-refractivity contribution in [2.24, 2.45) is 5.41 Å². The molecule has 0 radical (unpaired) electrons. The van der Waals surface area contributed by atoms with Crippen molar-refractivity contribution in [2.45, 2.75) is 26.2 Å². The molecule has 1 aliphatic rings. The normalized spacial score (nSPS) is 18.6. The summed E-state index contributed by atoms with van der Waals surface area (Å²) in [5.74, 6) is -0.218. The highest BCUT2D eigenvalue weighted by molar-refractivity contribution is 5.29. The highest BCUT2D eigenvalue weighted by atomic mass is 19.1. The van der Waals surface area contributed by atoms with Gasteiger partial charge in [0.2, 0.25) is 0 Å². The van der Waals surface area contributed by atoms with Crippen molar-refractivity contribution in [1.82, 2.24) is 0 Å². The summed E-state index contributed by atoms with van der Waals surface area (Å²) in [6.07, 6.45) is 2.22. The van der Waals surface area contributed by atoms with E-state index in [-0.39, 0.29) is 11.2 Å². The van der Waals surface area contributed by atoms with Crippen LogP contribution in [0.3, 0.4) is 0 Å². The van der Waals surface area contributed by atoms with Crippen LogP contribution in [-0.4, -0.2) is 13.2 Å². The van der Waals surface area contributed by atoms with Crippen molar-refractivity contribution in [3.05, 3.63) is 35.1 Å². The maximum Gasteiger partial charge on any atom is 0.123 e. The van der Waals surface area contributed by atoms with Crippen LogP contribution in [0.5, 0.6) is 0 Å². The monoisotopic (exact) mass is 233 g/mol. The standard InChI is InChI=1S/C14H16FNO/c1-11-8-13(15)3-2-12(11)9-14(10-16)4-6-17-7-5-14/h2-3,8H,4-7,9H2,1H3. The summed E-state index contributed by atoms with van der Waals surface area (Å²) in [6, 6.07) is 7.22. The van der Waals surface area contributed by atoms with Crippen LogP contribution in [0.15, 0.2) is 18.2 Å². The summed E-state index contributed by atoms with van der Waals surface area (Å²) in [6.45, 7) is 3.18. The highest BCUT2D eigenvalue weighted by Gasteiger charge is 2.33.